The van der Waals surface area contributed by atoms with Crippen LogP contribution >= 0.6 is 0 Å². The summed E-state index contributed by atoms with van der Waals surface area (Å²) in [6, 6.07) is 13.7. The fraction of sp³-hybridized carbons (Fsp3) is 0.409. The number of aliphatic hydroxyl groups is 1. The number of benzene rings is 2. The molecule has 2 aromatic rings. The minimum atomic E-state index is -2.87. The van der Waals surface area contributed by atoms with Crippen molar-refractivity contribution in [2.45, 2.75) is 26.1 Å². The molecule has 0 radical (unpaired) electrons. The van der Waals surface area contributed by atoms with E-state index in [0.29, 0.717) is 43.9 Å². The largest absolute Gasteiger partial charge is 0.435 e. The number of carbonyl (C=O) groups excluding carboxylic acids is 1. The molecule has 1 saturated heterocycles. The minimum absolute atomic E-state index is 0.0301. The molecule has 0 bridgehead atoms. The van der Waals surface area contributed by atoms with E-state index in [0.717, 1.165) is 6.42 Å². The van der Waals surface area contributed by atoms with Gasteiger partial charge in [0.15, 0.2) is 0 Å². The van der Waals surface area contributed by atoms with Gasteiger partial charge in [-0.05, 0) is 41.8 Å². The lowest BCUT2D eigenvalue weighted by Gasteiger charge is -2.35. The Balaban J connectivity index is 1.49. The maximum atomic E-state index is 12.7. The van der Waals surface area contributed by atoms with Crippen molar-refractivity contribution in [1.29, 1.82) is 0 Å². The predicted molar refractivity (Wildman–Crippen MR) is 106 cm³/mol. The molecule has 1 aliphatic heterocycles. The lowest BCUT2D eigenvalue weighted by molar-refractivity contribution is -0.0498. The molecule has 0 aliphatic carbocycles. The van der Waals surface area contributed by atoms with Crippen molar-refractivity contribution in [2.75, 3.05) is 32.7 Å². The number of piperazine rings is 1. The van der Waals surface area contributed by atoms with E-state index in [1.165, 1.54) is 17.7 Å². The molecule has 7 heteroatoms. The van der Waals surface area contributed by atoms with Crippen molar-refractivity contribution >= 4 is 5.91 Å². The molecule has 2 aromatic carbocycles. The standard InChI is InChI=1S/C22H26F2N2O3/c1-2-16-3-5-18(6-4-16)21(28)26-13-11-25(12-14-26)15-20(27)17-7-9-19(10-8-17)29-22(23)24/h3-10,20,22,27H,2,11-15H2,1H3. The van der Waals surface area contributed by atoms with Gasteiger partial charge in [-0.1, -0.05) is 31.2 Å². The Labute approximate surface area is 169 Å². The zero-order valence-corrected chi connectivity index (χ0v) is 16.4. The van der Waals surface area contributed by atoms with Gasteiger partial charge in [0.2, 0.25) is 0 Å². The van der Waals surface area contributed by atoms with Crippen LogP contribution in [0.4, 0.5) is 8.78 Å². The zero-order chi connectivity index (χ0) is 20.8. The van der Waals surface area contributed by atoms with E-state index in [4.69, 9.17) is 0 Å². The van der Waals surface area contributed by atoms with Crippen molar-refractivity contribution in [2.24, 2.45) is 0 Å². The summed E-state index contributed by atoms with van der Waals surface area (Å²) in [5, 5.41) is 10.4. The van der Waals surface area contributed by atoms with Crippen molar-refractivity contribution in [3.63, 3.8) is 0 Å². The molecule has 1 fully saturated rings. The number of carbonyl (C=O) groups is 1. The number of halogens is 2. The number of aliphatic hydroxyl groups excluding tert-OH is 1. The number of amides is 1. The first-order valence-electron chi connectivity index (χ1n) is 9.79. The van der Waals surface area contributed by atoms with Gasteiger partial charge in [0.05, 0.1) is 6.10 Å². The summed E-state index contributed by atoms with van der Waals surface area (Å²) in [4.78, 5) is 16.6. The van der Waals surface area contributed by atoms with Gasteiger partial charge in [-0.2, -0.15) is 8.78 Å². The highest BCUT2D eigenvalue weighted by Gasteiger charge is 2.23. The van der Waals surface area contributed by atoms with Crippen LogP contribution in [0.5, 0.6) is 5.75 Å². The van der Waals surface area contributed by atoms with Gasteiger partial charge >= 0.3 is 6.61 Å². The van der Waals surface area contributed by atoms with Crippen LogP contribution in [0.25, 0.3) is 0 Å². The smallest absolute Gasteiger partial charge is 0.387 e. The van der Waals surface area contributed by atoms with Crippen LogP contribution in [0.2, 0.25) is 0 Å². The van der Waals surface area contributed by atoms with E-state index in [2.05, 4.69) is 16.6 Å². The maximum absolute atomic E-state index is 12.7. The predicted octanol–water partition coefficient (Wildman–Crippen LogP) is 3.34. The summed E-state index contributed by atoms with van der Waals surface area (Å²) in [7, 11) is 0. The van der Waals surface area contributed by atoms with E-state index in [9.17, 15) is 18.7 Å². The molecule has 0 spiro atoms. The van der Waals surface area contributed by atoms with Crippen molar-refractivity contribution < 1.29 is 23.4 Å². The molecule has 1 heterocycles. The average Bonchev–Trinajstić information content (AvgIpc) is 2.74. The molecule has 29 heavy (non-hydrogen) atoms. The van der Waals surface area contributed by atoms with Gasteiger partial charge in [-0.3, -0.25) is 9.69 Å². The van der Waals surface area contributed by atoms with E-state index in [1.807, 2.05) is 29.2 Å². The normalized spacial score (nSPS) is 16.1. The zero-order valence-electron chi connectivity index (χ0n) is 16.4. The molecule has 1 N–H and O–H groups in total. The van der Waals surface area contributed by atoms with Gasteiger partial charge in [-0.25, -0.2) is 0 Å². The Hall–Kier alpha value is -2.51. The van der Waals surface area contributed by atoms with Gasteiger partial charge in [0, 0.05) is 38.3 Å². The maximum Gasteiger partial charge on any atom is 0.387 e. The molecule has 0 aromatic heterocycles. The number of nitrogens with zero attached hydrogens (tertiary/aromatic N) is 2. The van der Waals surface area contributed by atoms with Crippen molar-refractivity contribution in [1.82, 2.24) is 9.80 Å². The fourth-order valence-corrected chi connectivity index (χ4v) is 3.42. The lowest BCUT2D eigenvalue weighted by Crippen LogP contribution is -2.49. The van der Waals surface area contributed by atoms with Gasteiger partial charge in [0.25, 0.3) is 5.91 Å². The first-order chi connectivity index (χ1) is 14.0. The number of alkyl halides is 2. The quantitative estimate of drug-likeness (QED) is 0.769. The number of hydrogen-bond donors (Lipinski definition) is 1. The molecule has 1 aliphatic rings. The topological polar surface area (TPSA) is 53.0 Å². The van der Waals surface area contributed by atoms with E-state index in [1.54, 1.807) is 12.1 Å². The molecule has 156 valence electrons. The average molecular weight is 404 g/mol. The van der Waals surface area contributed by atoms with Crippen molar-refractivity contribution in [3.05, 3.63) is 65.2 Å². The third-order valence-corrected chi connectivity index (χ3v) is 5.19. The van der Waals surface area contributed by atoms with Gasteiger partial charge < -0.3 is 14.7 Å². The highest BCUT2D eigenvalue weighted by molar-refractivity contribution is 5.94. The molecule has 1 unspecified atom stereocenters. The molecular formula is C22H26F2N2O3. The summed E-state index contributed by atoms with van der Waals surface area (Å²) >= 11 is 0. The van der Waals surface area contributed by atoms with Crippen LogP contribution in [0.1, 0.15) is 34.5 Å². The Morgan fingerprint density at radius 2 is 1.66 bits per heavy atom. The van der Waals surface area contributed by atoms with E-state index >= 15 is 0 Å². The first kappa shape index (κ1) is 21.2. The molecule has 5 nitrogen and oxygen atoms in total. The second-order valence-electron chi connectivity index (χ2n) is 7.11. The van der Waals surface area contributed by atoms with Crippen LogP contribution < -0.4 is 4.74 Å². The van der Waals surface area contributed by atoms with Gasteiger partial charge in [-0.15, -0.1) is 0 Å². The Morgan fingerprint density at radius 1 is 1.03 bits per heavy atom. The summed E-state index contributed by atoms with van der Waals surface area (Å²) in [5.41, 5.74) is 2.54. The monoisotopic (exact) mass is 404 g/mol. The Kier molecular flexibility index (Phi) is 7.17. The second kappa shape index (κ2) is 9.80. The third kappa shape index (κ3) is 5.74. The number of hydrogen-bond acceptors (Lipinski definition) is 4. The summed E-state index contributed by atoms with van der Waals surface area (Å²) in [6.45, 7) is 2.17. The molecule has 1 amide bonds. The molecule has 0 saturated carbocycles. The summed E-state index contributed by atoms with van der Waals surface area (Å²) in [6.07, 6.45) is 0.205. The van der Waals surface area contributed by atoms with E-state index < -0.39 is 12.7 Å². The lowest BCUT2D eigenvalue weighted by atomic mass is 10.1. The van der Waals surface area contributed by atoms with Crippen LogP contribution in [0, 0.1) is 0 Å². The second-order valence-corrected chi connectivity index (χ2v) is 7.11. The number of aryl methyl sites for hydroxylation is 1. The highest BCUT2D eigenvalue weighted by Crippen LogP contribution is 2.21. The molecule has 3 rings (SSSR count). The minimum Gasteiger partial charge on any atom is -0.435 e. The highest BCUT2D eigenvalue weighted by atomic mass is 19.3. The number of rotatable bonds is 7. The summed E-state index contributed by atoms with van der Waals surface area (Å²) < 4.78 is 28.7. The number of ether oxygens (including phenoxy) is 1. The van der Waals surface area contributed by atoms with Crippen molar-refractivity contribution in [3.8, 4) is 5.75 Å². The van der Waals surface area contributed by atoms with E-state index in [-0.39, 0.29) is 11.7 Å². The van der Waals surface area contributed by atoms with Crippen LogP contribution in [0.3, 0.4) is 0 Å². The van der Waals surface area contributed by atoms with Crippen LogP contribution in [-0.4, -0.2) is 60.1 Å². The SMILES string of the molecule is CCc1ccc(C(=O)N2CCN(CC(O)c3ccc(OC(F)F)cc3)CC2)cc1. The van der Waals surface area contributed by atoms with Crippen LogP contribution in [-0.2, 0) is 6.42 Å². The fourth-order valence-electron chi connectivity index (χ4n) is 3.42. The summed E-state index contributed by atoms with van der Waals surface area (Å²) in [5.74, 6) is 0.0949. The van der Waals surface area contributed by atoms with Crippen LogP contribution in [0.15, 0.2) is 48.5 Å². The molecular weight excluding hydrogens is 378 g/mol. The van der Waals surface area contributed by atoms with Gasteiger partial charge in [0.1, 0.15) is 5.75 Å². The molecule has 1 atom stereocenters. The Morgan fingerprint density at radius 3 is 2.21 bits per heavy atom. The first-order valence-corrected chi connectivity index (χ1v) is 9.79. The number of β-amino-alcohol motifs (C(OH)–C–C–N with tert-alkyl or cyclic N) is 1. The Bertz CT molecular complexity index is 789. The third-order valence-electron chi connectivity index (χ3n) is 5.19.